The van der Waals surface area contributed by atoms with Crippen molar-refractivity contribution in [3.8, 4) is 5.75 Å². The highest BCUT2D eigenvalue weighted by molar-refractivity contribution is 5.27. The molecular formula is C16H25NO3. The Morgan fingerprint density at radius 2 is 2.25 bits per heavy atom. The molecule has 0 heterocycles. The lowest BCUT2D eigenvalue weighted by Crippen LogP contribution is -2.33. The Labute approximate surface area is 121 Å². The summed E-state index contributed by atoms with van der Waals surface area (Å²) in [6, 6.07) is 7.79. The van der Waals surface area contributed by atoms with E-state index in [2.05, 4.69) is 11.9 Å². The van der Waals surface area contributed by atoms with Crippen molar-refractivity contribution in [1.82, 2.24) is 5.32 Å². The monoisotopic (exact) mass is 279 g/mol. The third-order valence-electron chi connectivity index (χ3n) is 2.70. The van der Waals surface area contributed by atoms with Gasteiger partial charge in [0, 0.05) is 13.1 Å². The SMILES string of the molecule is C=CCCOCCNCC(O)COc1cccc(C)c1. The molecule has 20 heavy (non-hydrogen) atoms. The van der Waals surface area contributed by atoms with E-state index < -0.39 is 6.10 Å². The number of aliphatic hydroxyl groups excluding tert-OH is 1. The molecule has 0 spiro atoms. The first-order valence-corrected chi connectivity index (χ1v) is 6.99. The minimum Gasteiger partial charge on any atom is -0.491 e. The molecule has 2 N–H and O–H groups in total. The van der Waals surface area contributed by atoms with Crippen LogP contribution in [-0.2, 0) is 4.74 Å². The molecule has 0 aliphatic rings. The Bertz CT molecular complexity index is 382. The van der Waals surface area contributed by atoms with E-state index >= 15 is 0 Å². The maximum Gasteiger partial charge on any atom is 0.119 e. The van der Waals surface area contributed by atoms with Crippen LogP contribution in [0.25, 0.3) is 0 Å². The molecule has 0 radical (unpaired) electrons. The standard InChI is InChI=1S/C16H25NO3/c1-3-4-9-19-10-8-17-12-15(18)13-20-16-7-5-6-14(2)11-16/h3,5-7,11,15,17-18H,1,4,8-10,12-13H2,2H3. The highest BCUT2D eigenvalue weighted by atomic mass is 16.5. The predicted molar refractivity (Wildman–Crippen MR) is 81.2 cm³/mol. The van der Waals surface area contributed by atoms with Crippen LogP contribution in [0.5, 0.6) is 5.75 Å². The zero-order chi connectivity index (χ0) is 14.6. The molecule has 0 saturated heterocycles. The predicted octanol–water partition coefficient (Wildman–Crippen LogP) is 1.92. The van der Waals surface area contributed by atoms with Gasteiger partial charge in [0.15, 0.2) is 0 Å². The summed E-state index contributed by atoms with van der Waals surface area (Å²) in [4.78, 5) is 0. The van der Waals surface area contributed by atoms with Crippen molar-refractivity contribution < 1.29 is 14.6 Å². The highest BCUT2D eigenvalue weighted by Crippen LogP contribution is 2.12. The van der Waals surface area contributed by atoms with Gasteiger partial charge in [-0.1, -0.05) is 18.2 Å². The van der Waals surface area contributed by atoms with Crippen LogP contribution < -0.4 is 10.1 Å². The van der Waals surface area contributed by atoms with Crippen molar-refractivity contribution in [1.29, 1.82) is 0 Å². The topological polar surface area (TPSA) is 50.7 Å². The Morgan fingerprint density at radius 1 is 1.40 bits per heavy atom. The third-order valence-corrected chi connectivity index (χ3v) is 2.70. The average Bonchev–Trinajstić information content (AvgIpc) is 2.44. The van der Waals surface area contributed by atoms with Gasteiger partial charge in [0.05, 0.1) is 13.2 Å². The van der Waals surface area contributed by atoms with E-state index in [0.717, 1.165) is 24.3 Å². The van der Waals surface area contributed by atoms with Gasteiger partial charge >= 0.3 is 0 Å². The van der Waals surface area contributed by atoms with E-state index in [1.165, 1.54) is 0 Å². The Morgan fingerprint density at radius 3 is 3.00 bits per heavy atom. The van der Waals surface area contributed by atoms with Crippen LogP contribution in [0.1, 0.15) is 12.0 Å². The molecule has 0 bridgehead atoms. The molecule has 1 atom stereocenters. The van der Waals surface area contributed by atoms with Crippen LogP contribution in [0.4, 0.5) is 0 Å². The summed E-state index contributed by atoms with van der Waals surface area (Å²) in [7, 11) is 0. The largest absolute Gasteiger partial charge is 0.491 e. The van der Waals surface area contributed by atoms with E-state index in [9.17, 15) is 5.11 Å². The number of benzene rings is 1. The lowest BCUT2D eigenvalue weighted by atomic mass is 10.2. The fourth-order valence-corrected chi connectivity index (χ4v) is 1.64. The van der Waals surface area contributed by atoms with Gasteiger partial charge < -0.3 is 19.9 Å². The first-order valence-electron chi connectivity index (χ1n) is 6.99. The average molecular weight is 279 g/mol. The minimum absolute atomic E-state index is 0.285. The zero-order valence-electron chi connectivity index (χ0n) is 12.2. The zero-order valence-corrected chi connectivity index (χ0v) is 12.2. The number of nitrogens with one attached hydrogen (secondary N) is 1. The number of hydrogen-bond acceptors (Lipinski definition) is 4. The molecule has 0 amide bonds. The summed E-state index contributed by atoms with van der Waals surface area (Å²) in [5, 5.41) is 12.9. The van der Waals surface area contributed by atoms with E-state index in [4.69, 9.17) is 9.47 Å². The smallest absolute Gasteiger partial charge is 0.119 e. The summed E-state index contributed by atoms with van der Waals surface area (Å²) in [6.07, 6.45) is 2.18. The van der Waals surface area contributed by atoms with Gasteiger partial charge in [-0.2, -0.15) is 0 Å². The number of aliphatic hydroxyl groups is 1. The van der Waals surface area contributed by atoms with Crippen LogP contribution in [-0.4, -0.2) is 44.1 Å². The molecule has 4 nitrogen and oxygen atoms in total. The molecule has 0 aliphatic carbocycles. The molecule has 4 heteroatoms. The Kier molecular flexibility index (Phi) is 8.71. The van der Waals surface area contributed by atoms with Crippen LogP contribution in [0.3, 0.4) is 0 Å². The minimum atomic E-state index is -0.524. The van der Waals surface area contributed by atoms with E-state index in [1.807, 2.05) is 37.3 Å². The van der Waals surface area contributed by atoms with Gasteiger partial charge in [-0.05, 0) is 31.0 Å². The third kappa shape index (κ3) is 7.94. The first-order chi connectivity index (χ1) is 9.72. The fourth-order valence-electron chi connectivity index (χ4n) is 1.64. The Hall–Kier alpha value is -1.36. The van der Waals surface area contributed by atoms with Crippen LogP contribution >= 0.6 is 0 Å². The Balaban J connectivity index is 2.03. The van der Waals surface area contributed by atoms with Crippen molar-refractivity contribution >= 4 is 0 Å². The molecule has 112 valence electrons. The molecule has 1 rings (SSSR count). The number of aryl methyl sites for hydroxylation is 1. The number of rotatable bonds is 11. The molecule has 1 unspecified atom stereocenters. The van der Waals surface area contributed by atoms with E-state index in [1.54, 1.807) is 0 Å². The second-order valence-electron chi connectivity index (χ2n) is 4.68. The van der Waals surface area contributed by atoms with Gasteiger partial charge in [0.2, 0.25) is 0 Å². The van der Waals surface area contributed by atoms with Gasteiger partial charge in [-0.15, -0.1) is 6.58 Å². The molecule has 0 fully saturated rings. The molecular weight excluding hydrogens is 254 g/mol. The molecule has 1 aromatic rings. The van der Waals surface area contributed by atoms with E-state index in [-0.39, 0.29) is 6.61 Å². The van der Waals surface area contributed by atoms with Crippen LogP contribution in [0, 0.1) is 6.92 Å². The van der Waals surface area contributed by atoms with E-state index in [0.29, 0.717) is 19.8 Å². The maximum atomic E-state index is 9.78. The van der Waals surface area contributed by atoms with Gasteiger partial charge in [0.1, 0.15) is 18.5 Å². The molecule has 0 aromatic heterocycles. The first kappa shape index (κ1) is 16.7. The number of hydrogen-bond donors (Lipinski definition) is 2. The lowest BCUT2D eigenvalue weighted by Gasteiger charge is -2.13. The second-order valence-corrected chi connectivity index (χ2v) is 4.68. The summed E-state index contributed by atoms with van der Waals surface area (Å²) >= 11 is 0. The summed E-state index contributed by atoms with van der Waals surface area (Å²) in [6.45, 7) is 8.48. The molecule has 0 aliphatic heterocycles. The molecule has 0 saturated carbocycles. The van der Waals surface area contributed by atoms with Crippen molar-refractivity contribution in [3.63, 3.8) is 0 Å². The summed E-state index contributed by atoms with van der Waals surface area (Å²) in [5.41, 5.74) is 1.15. The fraction of sp³-hybridized carbons (Fsp3) is 0.500. The van der Waals surface area contributed by atoms with Crippen molar-refractivity contribution in [2.75, 3.05) is 32.9 Å². The van der Waals surface area contributed by atoms with Gasteiger partial charge in [0.25, 0.3) is 0 Å². The van der Waals surface area contributed by atoms with Gasteiger partial charge in [-0.3, -0.25) is 0 Å². The molecule has 1 aromatic carbocycles. The van der Waals surface area contributed by atoms with Crippen molar-refractivity contribution in [3.05, 3.63) is 42.5 Å². The quantitative estimate of drug-likeness (QED) is 0.480. The summed E-state index contributed by atoms with van der Waals surface area (Å²) in [5.74, 6) is 0.789. The van der Waals surface area contributed by atoms with Crippen molar-refractivity contribution in [2.45, 2.75) is 19.4 Å². The van der Waals surface area contributed by atoms with Crippen LogP contribution in [0.2, 0.25) is 0 Å². The van der Waals surface area contributed by atoms with Crippen molar-refractivity contribution in [2.24, 2.45) is 0 Å². The highest BCUT2D eigenvalue weighted by Gasteiger charge is 2.04. The van der Waals surface area contributed by atoms with Crippen LogP contribution in [0.15, 0.2) is 36.9 Å². The lowest BCUT2D eigenvalue weighted by molar-refractivity contribution is 0.0993. The maximum absolute atomic E-state index is 9.78. The summed E-state index contributed by atoms with van der Waals surface area (Å²) < 4.78 is 10.9. The second kappa shape index (κ2) is 10.4. The number of ether oxygens (including phenoxy) is 2. The van der Waals surface area contributed by atoms with Gasteiger partial charge in [-0.25, -0.2) is 0 Å². The normalized spacial score (nSPS) is 12.1.